The predicted octanol–water partition coefficient (Wildman–Crippen LogP) is 3.61. The van der Waals surface area contributed by atoms with E-state index in [1.807, 2.05) is 24.3 Å². The lowest BCUT2D eigenvalue weighted by Crippen LogP contribution is -2.10. The van der Waals surface area contributed by atoms with Gasteiger partial charge in [-0.1, -0.05) is 30.3 Å². The van der Waals surface area contributed by atoms with Crippen molar-refractivity contribution in [3.63, 3.8) is 0 Å². The van der Waals surface area contributed by atoms with Crippen LogP contribution in [0.2, 0.25) is 0 Å². The molecule has 0 atom stereocenters. The molecule has 0 amide bonds. The smallest absolute Gasteiger partial charge is 0.146 e. The maximum absolute atomic E-state index is 5.67. The molecule has 0 fully saturated rings. The first-order valence-electron chi connectivity index (χ1n) is 6.58. The van der Waals surface area contributed by atoms with Crippen molar-refractivity contribution in [2.45, 2.75) is 6.92 Å². The van der Waals surface area contributed by atoms with Gasteiger partial charge in [-0.25, -0.2) is 4.98 Å². The first-order chi connectivity index (χ1) is 9.79. The lowest BCUT2D eigenvalue weighted by atomic mass is 10.1. The number of nitrogens with two attached hydrogens (primary N) is 1. The number of para-hydroxylation sites is 1. The summed E-state index contributed by atoms with van der Waals surface area (Å²) in [5.41, 5.74) is 8.83. The molecule has 2 N–H and O–H groups in total. The number of hydrogen-bond donors (Lipinski definition) is 1. The van der Waals surface area contributed by atoms with Crippen LogP contribution < -0.4 is 10.5 Å². The van der Waals surface area contributed by atoms with Crippen LogP contribution in [0, 0.1) is 6.92 Å². The van der Waals surface area contributed by atoms with Crippen LogP contribution in [0.3, 0.4) is 0 Å². The molecular weight excluding hydrogens is 268 g/mol. The van der Waals surface area contributed by atoms with Crippen molar-refractivity contribution in [3.05, 3.63) is 48.0 Å². The Labute approximate surface area is 122 Å². The quantitative estimate of drug-likeness (QED) is 0.796. The predicted molar refractivity (Wildman–Crippen MR) is 84.3 cm³/mol. The van der Waals surface area contributed by atoms with E-state index in [1.54, 1.807) is 11.3 Å². The largest absolute Gasteiger partial charge is 0.490 e. The SMILES string of the molecule is Cc1ccccc1-c1nc2c(OCCN)cccc2s1. The fraction of sp³-hybridized carbons (Fsp3) is 0.188. The second kappa shape index (κ2) is 5.61. The summed E-state index contributed by atoms with van der Waals surface area (Å²) >= 11 is 1.69. The molecule has 0 saturated heterocycles. The topological polar surface area (TPSA) is 48.1 Å². The Morgan fingerprint density at radius 1 is 1.15 bits per heavy atom. The molecule has 102 valence electrons. The van der Waals surface area contributed by atoms with Gasteiger partial charge in [-0.15, -0.1) is 11.3 Å². The van der Waals surface area contributed by atoms with Crippen molar-refractivity contribution in [3.8, 4) is 16.3 Å². The molecule has 0 bridgehead atoms. The average Bonchev–Trinajstić information content (AvgIpc) is 2.89. The molecule has 0 aliphatic carbocycles. The van der Waals surface area contributed by atoms with E-state index in [2.05, 4.69) is 25.1 Å². The standard InChI is InChI=1S/C16H16N2OS/c1-11-5-2-3-6-12(11)16-18-15-13(19-10-9-17)7-4-8-14(15)20-16/h2-8H,9-10,17H2,1H3. The Morgan fingerprint density at radius 3 is 2.80 bits per heavy atom. The van der Waals surface area contributed by atoms with Gasteiger partial charge in [-0.3, -0.25) is 0 Å². The van der Waals surface area contributed by atoms with Crippen molar-refractivity contribution in [1.82, 2.24) is 4.98 Å². The van der Waals surface area contributed by atoms with Gasteiger partial charge in [0.15, 0.2) is 0 Å². The number of aromatic nitrogens is 1. The number of hydrogen-bond acceptors (Lipinski definition) is 4. The zero-order chi connectivity index (χ0) is 13.9. The minimum atomic E-state index is 0.505. The Kier molecular flexibility index (Phi) is 3.67. The van der Waals surface area contributed by atoms with E-state index in [4.69, 9.17) is 15.5 Å². The van der Waals surface area contributed by atoms with E-state index in [9.17, 15) is 0 Å². The molecule has 2 aromatic carbocycles. The fourth-order valence-corrected chi connectivity index (χ4v) is 3.21. The first-order valence-corrected chi connectivity index (χ1v) is 7.39. The van der Waals surface area contributed by atoms with Gasteiger partial charge in [0.1, 0.15) is 22.9 Å². The number of rotatable bonds is 4. The summed E-state index contributed by atoms with van der Waals surface area (Å²) < 4.78 is 6.80. The second-order valence-electron chi connectivity index (χ2n) is 4.57. The highest BCUT2D eigenvalue weighted by Gasteiger charge is 2.11. The minimum absolute atomic E-state index is 0.505. The van der Waals surface area contributed by atoms with Gasteiger partial charge in [0, 0.05) is 12.1 Å². The average molecular weight is 284 g/mol. The molecule has 3 nitrogen and oxygen atoms in total. The molecule has 0 aliphatic rings. The third-order valence-corrected chi connectivity index (χ3v) is 4.19. The molecular formula is C16H16N2OS. The van der Waals surface area contributed by atoms with Gasteiger partial charge in [0.2, 0.25) is 0 Å². The second-order valence-corrected chi connectivity index (χ2v) is 5.60. The van der Waals surface area contributed by atoms with Gasteiger partial charge >= 0.3 is 0 Å². The van der Waals surface area contributed by atoms with Crippen molar-refractivity contribution in [2.24, 2.45) is 5.73 Å². The van der Waals surface area contributed by atoms with E-state index in [0.29, 0.717) is 13.2 Å². The normalized spacial score (nSPS) is 10.9. The third-order valence-electron chi connectivity index (χ3n) is 3.13. The summed E-state index contributed by atoms with van der Waals surface area (Å²) in [6.07, 6.45) is 0. The number of nitrogens with zero attached hydrogens (tertiary/aromatic N) is 1. The van der Waals surface area contributed by atoms with Gasteiger partial charge in [0.25, 0.3) is 0 Å². The van der Waals surface area contributed by atoms with Crippen LogP contribution in [-0.4, -0.2) is 18.1 Å². The van der Waals surface area contributed by atoms with Crippen molar-refractivity contribution in [2.75, 3.05) is 13.2 Å². The molecule has 0 saturated carbocycles. The molecule has 1 aromatic heterocycles. The highest BCUT2D eigenvalue weighted by Crippen LogP contribution is 2.35. The van der Waals surface area contributed by atoms with E-state index in [1.165, 1.54) is 11.1 Å². The summed E-state index contributed by atoms with van der Waals surface area (Å²) in [6, 6.07) is 14.3. The molecule has 0 spiro atoms. The Hall–Kier alpha value is -1.91. The maximum atomic E-state index is 5.67. The molecule has 0 aliphatic heterocycles. The van der Waals surface area contributed by atoms with Crippen LogP contribution in [0.1, 0.15) is 5.56 Å². The summed E-state index contributed by atoms with van der Waals surface area (Å²) in [7, 11) is 0. The molecule has 3 rings (SSSR count). The molecule has 0 radical (unpaired) electrons. The maximum Gasteiger partial charge on any atom is 0.146 e. The van der Waals surface area contributed by atoms with Crippen LogP contribution >= 0.6 is 11.3 Å². The van der Waals surface area contributed by atoms with E-state index in [-0.39, 0.29) is 0 Å². The number of ether oxygens (including phenoxy) is 1. The summed E-state index contributed by atoms with van der Waals surface area (Å²) in [6.45, 7) is 3.12. The van der Waals surface area contributed by atoms with Crippen LogP contribution in [0.5, 0.6) is 5.75 Å². The first kappa shape index (κ1) is 13.1. The molecule has 1 heterocycles. The van der Waals surface area contributed by atoms with Crippen LogP contribution in [0.15, 0.2) is 42.5 Å². The Morgan fingerprint density at radius 2 is 2.00 bits per heavy atom. The van der Waals surface area contributed by atoms with Gasteiger partial charge < -0.3 is 10.5 Å². The lowest BCUT2D eigenvalue weighted by Gasteiger charge is -2.04. The molecule has 0 unspecified atom stereocenters. The van der Waals surface area contributed by atoms with Gasteiger partial charge in [0.05, 0.1) is 4.70 Å². The molecule has 3 aromatic rings. The van der Waals surface area contributed by atoms with Crippen LogP contribution in [-0.2, 0) is 0 Å². The van der Waals surface area contributed by atoms with E-state index >= 15 is 0 Å². The Balaban J connectivity index is 2.09. The highest BCUT2D eigenvalue weighted by molar-refractivity contribution is 7.21. The van der Waals surface area contributed by atoms with Crippen LogP contribution in [0.25, 0.3) is 20.8 Å². The van der Waals surface area contributed by atoms with Gasteiger partial charge in [-0.2, -0.15) is 0 Å². The zero-order valence-electron chi connectivity index (χ0n) is 11.3. The Bertz CT molecular complexity index is 736. The minimum Gasteiger partial charge on any atom is -0.490 e. The van der Waals surface area contributed by atoms with Crippen molar-refractivity contribution >= 4 is 21.6 Å². The summed E-state index contributed by atoms with van der Waals surface area (Å²) in [5.74, 6) is 0.809. The van der Waals surface area contributed by atoms with Crippen molar-refractivity contribution in [1.29, 1.82) is 0 Å². The van der Waals surface area contributed by atoms with E-state index in [0.717, 1.165) is 21.0 Å². The van der Waals surface area contributed by atoms with E-state index < -0.39 is 0 Å². The number of aryl methyl sites for hydroxylation is 1. The molecule has 4 heteroatoms. The van der Waals surface area contributed by atoms with Crippen molar-refractivity contribution < 1.29 is 4.74 Å². The zero-order valence-corrected chi connectivity index (χ0v) is 12.1. The lowest BCUT2D eigenvalue weighted by molar-refractivity contribution is 0.331. The summed E-state index contributed by atoms with van der Waals surface area (Å²) in [5, 5.41) is 1.03. The molecule has 20 heavy (non-hydrogen) atoms. The highest BCUT2D eigenvalue weighted by atomic mass is 32.1. The fourth-order valence-electron chi connectivity index (χ4n) is 2.14. The third kappa shape index (κ3) is 2.40. The monoisotopic (exact) mass is 284 g/mol. The number of fused-ring (bicyclic) bond motifs is 1. The van der Waals surface area contributed by atoms with Crippen LogP contribution in [0.4, 0.5) is 0 Å². The number of benzene rings is 2. The van der Waals surface area contributed by atoms with Gasteiger partial charge in [-0.05, 0) is 24.6 Å². The number of thiazole rings is 1. The summed E-state index contributed by atoms with van der Waals surface area (Å²) in [4.78, 5) is 4.75.